The minimum Gasteiger partial charge on any atom is -0.481 e. The van der Waals surface area contributed by atoms with Gasteiger partial charge in [-0.25, -0.2) is 0 Å². The maximum Gasteiger partial charge on any atom is 0.182 e. The highest BCUT2D eigenvalue weighted by atomic mass is 16.5. The molecule has 0 saturated heterocycles. The SMILES string of the molecule is CCOC(=N)CC(C)OC. The lowest BCUT2D eigenvalue weighted by Crippen LogP contribution is -2.13. The quantitative estimate of drug-likeness (QED) is 0.480. The van der Waals surface area contributed by atoms with Crippen LogP contribution in [0, 0.1) is 5.41 Å². The summed E-state index contributed by atoms with van der Waals surface area (Å²) in [6, 6.07) is 0. The molecular formula is C7H15NO2. The molecule has 0 aliphatic heterocycles. The second-order valence-corrected chi connectivity index (χ2v) is 2.11. The minimum absolute atomic E-state index is 0.0825. The van der Waals surface area contributed by atoms with Crippen LogP contribution in [0.25, 0.3) is 0 Å². The first-order chi connectivity index (χ1) is 4.70. The van der Waals surface area contributed by atoms with E-state index in [1.807, 2.05) is 13.8 Å². The van der Waals surface area contributed by atoms with Crippen molar-refractivity contribution in [3.8, 4) is 0 Å². The summed E-state index contributed by atoms with van der Waals surface area (Å²) in [6.07, 6.45) is 0.642. The third kappa shape index (κ3) is 4.32. The Bertz CT molecular complexity index is 104. The number of rotatable bonds is 4. The van der Waals surface area contributed by atoms with Crippen LogP contribution in [0.4, 0.5) is 0 Å². The van der Waals surface area contributed by atoms with Gasteiger partial charge in [-0.3, -0.25) is 5.41 Å². The predicted octanol–water partition coefficient (Wildman–Crippen LogP) is 1.43. The van der Waals surface area contributed by atoms with Crippen LogP contribution in [0.1, 0.15) is 20.3 Å². The third-order valence-electron chi connectivity index (χ3n) is 1.19. The zero-order valence-electron chi connectivity index (χ0n) is 6.81. The Morgan fingerprint density at radius 3 is 2.60 bits per heavy atom. The average Bonchev–Trinajstić information content (AvgIpc) is 1.88. The van der Waals surface area contributed by atoms with E-state index in [4.69, 9.17) is 14.9 Å². The van der Waals surface area contributed by atoms with Gasteiger partial charge in [0.05, 0.1) is 12.7 Å². The van der Waals surface area contributed by atoms with Gasteiger partial charge in [0.1, 0.15) is 0 Å². The summed E-state index contributed by atoms with van der Waals surface area (Å²) in [5.41, 5.74) is 0. The van der Waals surface area contributed by atoms with Crippen molar-refractivity contribution in [3.63, 3.8) is 0 Å². The van der Waals surface area contributed by atoms with Crippen molar-refractivity contribution in [1.82, 2.24) is 0 Å². The second kappa shape index (κ2) is 5.23. The predicted molar refractivity (Wildman–Crippen MR) is 40.4 cm³/mol. The summed E-state index contributed by atoms with van der Waals surface area (Å²) in [6.45, 7) is 4.34. The van der Waals surface area contributed by atoms with Gasteiger partial charge in [-0.1, -0.05) is 0 Å². The maximum absolute atomic E-state index is 7.22. The molecule has 0 rings (SSSR count). The highest BCUT2D eigenvalue weighted by molar-refractivity contribution is 5.72. The summed E-state index contributed by atoms with van der Waals surface area (Å²) in [4.78, 5) is 0. The van der Waals surface area contributed by atoms with E-state index in [-0.39, 0.29) is 6.10 Å². The summed E-state index contributed by atoms with van der Waals surface area (Å²) in [5.74, 6) is 0.303. The molecule has 1 atom stereocenters. The van der Waals surface area contributed by atoms with Crippen molar-refractivity contribution in [2.24, 2.45) is 0 Å². The molecule has 0 aliphatic carbocycles. The molecule has 0 aromatic heterocycles. The van der Waals surface area contributed by atoms with Crippen molar-refractivity contribution in [3.05, 3.63) is 0 Å². The lowest BCUT2D eigenvalue weighted by molar-refractivity contribution is 0.118. The zero-order valence-corrected chi connectivity index (χ0v) is 6.81. The van der Waals surface area contributed by atoms with Crippen molar-refractivity contribution in [2.45, 2.75) is 26.4 Å². The van der Waals surface area contributed by atoms with Gasteiger partial charge in [0.15, 0.2) is 5.90 Å². The molecule has 0 radical (unpaired) electrons. The van der Waals surface area contributed by atoms with Gasteiger partial charge in [0.2, 0.25) is 0 Å². The van der Waals surface area contributed by atoms with E-state index < -0.39 is 0 Å². The fourth-order valence-electron chi connectivity index (χ4n) is 0.578. The van der Waals surface area contributed by atoms with Crippen molar-refractivity contribution in [2.75, 3.05) is 13.7 Å². The van der Waals surface area contributed by atoms with Crippen LogP contribution in [0.5, 0.6) is 0 Å². The van der Waals surface area contributed by atoms with Crippen LogP contribution in [0.2, 0.25) is 0 Å². The number of methoxy groups -OCH3 is 1. The number of ether oxygens (including phenoxy) is 2. The first kappa shape index (κ1) is 9.43. The van der Waals surface area contributed by atoms with Crippen LogP contribution in [0.15, 0.2) is 0 Å². The molecule has 0 amide bonds. The molecule has 0 aromatic carbocycles. The Morgan fingerprint density at radius 1 is 1.60 bits per heavy atom. The van der Waals surface area contributed by atoms with E-state index in [2.05, 4.69) is 0 Å². The molecule has 3 heteroatoms. The molecule has 10 heavy (non-hydrogen) atoms. The molecule has 0 aliphatic rings. The molecule has 0 saturated carbocycles. The third-order valence-corrected chi connectivity index (χ3v) is 1.19. The normalized spacial score (nSPS) is 12.7. The minimum atomic E-state index is 0.0825. The monoisotopic (exact) mass is 145 g/mol. The van der Waals surface area contributed by atoms with Crippen LogP contribution >= 0.6 is 0 Å². The molecule has 3 nitrogen and oxygen atoms in total. The highest BCUT2D eigenvalue weighted by Crippen LogP contribution is 1.97. The number of hydrogen-bond acceptors (Lipinski definition) is 3. The maximum atomic E-state index is 7.22. The molecule has 0 spiro atoms. The molecule has 1 unspecified atom stereocenters. The molecule has 0 aromatic rings. The Labute approximate surface area is 61.8 Å². The molecule has 60 valence electrons. The van der Waals surface area contributed by atoms with Crippen LogP contribution in [-0.2, 0) is 9.47 Å². The fourth-order valence-corrected chi connectivity index (χ4v) is 0.578. The van der Waals surface area contributed by atoms with E-state index in [0.717, 1.165) is 0 Å². The van der Waals surface area contributed by atoms with Gasteiger partial charge in [0, 0.05) is 13.5 Å². The standard InChI is InChI=1S/C7H15NO2/c1-4-10-7(8)5-6(2)9-3/h6,8H,4-5H2,1-3H3. The van der Waals surface area contributed by atoms with Crippen LogP contribution in [0.3, 0.4) is 0 Å². The van der Waals surface area contributed by atoms with Crippen LogP contribution in [-0.4, -0.2) is 25.7 Å². The van der Waals surface area contributed by atoms with Gasteiger partial charge < -0.3 is 9.47 Å². The van der Waals surface area contributed by atoms with Gasteiger partial charge in [0.25, 0.3) is 0 Å². The molecular weight excluding hydrogens is 130 g/mol. The molecule has 1 N–H and O–H groups in total. The Hall–Kier alpha value is -0.570. The van der Waals surface area contributed by atoms with E-state index in [1.165, 1.54) is 0 Å². The largest absolute Gasteiger partial charge is 0.481 e. The highest BCUT2D eigenvalue weighted by Gasteiger charge is 2.03. The van der Waals surface area contributed by atoms with Gasteiger partial charge >= 0.3 is 0 Å². The first-order valence-corrected chi connectivity index (χ1v) is 3.43. The summed E-state index contributed by atoms with van der Waals surface area (Å²) in [7, 11) is 1.63. The van der Waals surface area contributed by atoms with E-state index >= 15 is 0 Å². The second-order valence-electron chi connectivity index (χ2n) is 2.11. The van der Waals surface area contributed by atoms with E-state index in [0.29, 0.717) is 18.9 Å². The number of nitrogens with one attached hydrogen (secondary N) is 1. The van der Waals surface area contributed by atoms with Crippen molar-refractivity contribution >= 4 is 5.90 Å². The fraction of sp³-hybridized carbons (Fsp3) is 0.857. The first-order valence-electron chi connectivity index (χ1n) is 3.43. The smallest absolute Gasteiger partial charge is 0.182 e. The molecule has 0 fully saturated rings. The van der Waals surface area contributed by atoms with Gasteiger partial charge in [-0.2, -0.15) is 0 Å². The summed E-state index contributed by atoms with van der Waals surface area (Å²) >= 11 is 0. The van der Waals surface area contributed by atoms with E-state index in [9.17, 15) is 0 Å². The summed E-state index contributed by atoms with van der Waals surface area (Å²) < 4.78 is 9.86. The Balaban J connectivity index is 3.37. The topological polar surface area (TPSA) is 42.3 Å². The van der Waals surface area contributed by atoms with Crippen LogP contribution < -0.4 is 0 Å². The summed E-state index contributed by atoms with van der Waals surface area (Å²) in [5, 5.41) is 7.22. The molecule has 0 bridgehead atoms. The van der Waals surface area contributed by atoms with Crippen molar-refractivity contribution < 1.29 is 9.47 Å². The number of hydrogen-bond donors (Lipinski definition) is 1. The van der Waals surface area contributed by atoms with E-state index in [1.54, 1.807) is 7.11 Å². The Morgan fingerprint density at radius 2 is 2.20 bits per heavy atom. The molecule has 0 heterocycles. The lowest BCUT2D eigenvalue weighted by atomic mass is 10.3. The lowest BCUT2D eigenvalue weighted by Gasteiger charge is -2.09. The van der Waals surface area contributed by atoms with Crippen molar-refractivity contribution in [1.29, 1.82) is 5.41 Å². The average molecular weight is 145 g/mol. The zero-order chi connectivity index (χ0) is 7.98. The van der Waals surface area contributed by atoms with Gasteiger partial charge in [-0.05, 0) is 13.8 Å². The van der Waals surface area contributed by atoms with Gasteiger partial charge in [-0.15, -0.1) is 0 Å². The Kier molecular flexibility index (Phi) is 4.94.